The maximum Gasteiger partial charge on any atom is 0.119 e. The van der Waals surface area contributed by atoms with Crippen LogP contribution in [0.1, 0.15) is 30.9 Å². The van der Waals surface area contributed by atoms with E-state index < -0.39 is 0 Å². The highest BCUT2D eigenvalue weighted by atomic mass is 16.5. The molecule has 6 nitrogen and oxygen atoms in total. The van der Waals surface area contributed by atoms with Crippen molar-refractivity contribution >= 4 is 11.9 Å². The van der Waals surface area contributed by atoms with Gasteiger partial charge in [-0.3, -0.25) is 14.7 Å². The van der Waals surface area contributed by atoms with Gasteiger partial charge in [-0.1, -0.05) is 43.7 Å². The van der Waals surface area contributed by atoms with E-state index in [1.165, 1.54) is 5.56 Å². The highest BCUT2D eigenvalue weighted by Gasteiger charge is 2.51. The van der Waals surface area contributed by atoms with Gasteiger partial charge in [0.15, 0.2) is 0 Å². The van der Waals surface area contributed by atoms with Crippen LogP contribution in [0.2, 0.25) is 0 Å². The fourth-order valence-corrected chi connectivity index (χ4v) is 5.15. The molecule has 31 heavy (non-hydrogen) atoms. The number of unbranched alkanes of at least 4 members (excludes halogenated alkanes) is 1. The first-order valence-electron chi connectivity index (χ1n) is 11.3. The molecule has 4 saturated heterocycles. The van der Waals surface area contributed by atoms with E-state index in [-0.39, 0.29) is 5.41 Å². The Morgan fingerprint density at radius 3 is 2.19 bits per heavy atom. The summed E-state index contributed by atoms with van der Waals surface area (Å²) in [7, 11) is 0. The summed E-state index contributed by atoms with van der Waals surface area (Å²) >= 11 is 0. The van der Waals surface area contributed by atoms with Crippen LogP contribution in [-0.2, 0) is 0 Å². The molecule has 0 N–H and O–H groups in total. The van der Waals surface area contributed by atoms with Crippen LogP contribution in [0.5, 0.6) is 5.75 Å². The third-order valence-electron chi connectivity index (χ3n) is 6.34. The summed E-state index contributed by atoms with van der Waals surface area (Å²) in [5.41, 5.74) is 3.30. The standard InChI is InChI=1S/C25H31N5O/c1-2-3-13-31-23-11-9-21(10-12-23)14-26-27-24(22-7-5-4-6-8-22)25-15-28-18-29(16-25)20-30(17-25)19-28/h4-12,14H,2-3,13,15-20H2,1H3. The summed E-state index contributed by atoms with van der Waals surface area (Å²) < 4.78 is 5.75. The van der Waals surface area contributed by atoms with Gasteiger partial charge in [0, 0.05) is 19.6 Å². The van der Waals surface area contributed by atoms with Gasteiger partial charge in [0.1, 0.15) is 5.75 Å². The molecule has 0 saturated carbocycles. The molecule has 4 bridgehead atoms. The number of hydrogen-bond donors (Lipinski definition) is 0. The predicted molar refractivity (Wildman–Crippen MR) is 125 cm³/mol. The van der Waals surface area contributed by atoms with Crippen LogP contribution in [0, 0.1) is 5.41 Å². The van der Waals surface area contributed by atoms with Crippen molar-refractivity contribution in [3.8, 4) is 5.75 Å². The lowest BCUT2D eigenvalue weighted by atomic mass is 9.74. The zero-order valence-corrected chi connectivity index (χ0v) is 18.3. The zero-order chi connectivity index (χ0) is 21.1. The maximum absolute atomic E-state index is 5.75. The second-order valence-corrected chi connectivity index (χ2v) is 9.02. The van der Waals surface area contributed by atoms with E-state index in [0.29, 0.717) is 0 Å². The van der Waals surface area contributed by atoms with Crippen molar-refractivity contribution in [3.05, 3.63) is 65.7 Å². The molecule has 162 valence electrons. The smallest absolute Gasteiger partial charge is 0.119 e. The van der Waals surface area contributed by atoms with Crippen LogP contribution in [0.15, 0.2) is 64.8 Å². The first kappa shape index (κ1) is 20.4. The Kier molecular flexibility index (Phi) is 5.85. The van der Waals surface area contributed by atoms with E-state index in [2.05, 4.69) is 57.1 Å². The van der Waals surface area contributed by atoms with E-state index in [1.807, 2.05) is 30.5 Å². The summed E-state index contributed by atoms with van der Waals surface area (Å²) in [6.07, 6.45) is 4.07. The summed E-state index contributed by atoms with van der Waals surface area (Å²) in [5, 5.41) is 9.38. The molecule has 2 aromatic rings. The van der Waals surface area contributed by atoms with E-state index >= 15 is 0 Å². The lowest BCUT2D eigenvalue weighted by molar-refractivity contribution is -0.149. The lowest BCUT2D eigenvalue weighted by Crippen LogP contribution is -2.74. The third kappa shape index (κ3) is 4.42. The van der Waals surface area contributed by atoms with Crippen LogP contribution in [0.25, 0.3) is 0 Å². The molecule has 0 aliphatic carbocycles. The van der Waals surface area contributed by atoms with Crippen LogP contribution >= 0.6 is 0 Å². The van der Waals surface area contributed by atoms with Crippen LogP contribution in [0.4, 0.5) is 0 Å². The molecule has 6 heteroatoms. The Morgan fingerprint density at radius 2 is 1.58 bits per heavy atom. The minimum Gasteiger partial charge on any atom is -0.494 e. The monoisotopic (exact) mass is 417 g/mol. The fraction of sp³-hybridized carbons (Fsp3) is 0.440. The minimum atomic E-state index is 0.00438. The van der Waals surface area contributed by atoms with Crippen LogP contribution in [0.3, 0.4) is 0 Å². The van der Waals surface area contributed by atoms with Gasteiger partial charge in [0.25, 0.3) is 0 Å². The molecular weight excluding hydrogens is 386 g/mol. The van der Waals surface area contributed by atoms with Gasteiger partial charge in [0.05, 0.1) is 44.0 Å². The van der Waals surface area contributed by atoms with Crippen molar-refractivity contribution in [2.75, 3.05) is 46.2 Å². The molecule has 4 heterocycles. The molecule has 0 unspecified atom stereocenters. The summed E-state index contributed by atoms with van der Waals surface area (Å²) in [6.45, 7) is 9.28. The Morgan fingerprint density at radius 1 is 0.935 bits per heavy atom. The molecule has 0 spiro atoms. The van der Waals surface area contributed by atoms with Crippen molar-refractivity contribution in [3.63, 3.8) is 0 Å². The van der Waals surface area contributed by atoms with Gasteiger partial charge in [-0.2, -0.15) is 10.2 Å². The zero-order valence-electron chi connectivity index (χ0n) is 18.3. The topological polar surface area (TPSA) is 43.7 Å². The van der Waals surface area contributed by atoms with E-state index in [1.54, 1.807) is 0 Å². The van der Waals surface area contributed by atoms with E-state index in [9.17, 15) is 0 Å². The maximum atomic E-state index is 5.75. The molecule has 6 rings (SSSR count). The van der Waals surface area contributed by atoms with Crippen LogP contribution in [-0.4, -0.2) is 72.9 Å². The minimum absolute atomic E-state index is 0.00438. The molecule has 4 aliphatic rings. The van der Waals surface area contributed by atoms with E-state index in [4.69, 9.17) is 9.84 Å². The quantitative estimate of drug-likeness (QED) is 0.375. The molecule has 0 atom stereocenters. The molecule has 4 fully saturated rings. The Labute approximate surface area is 184 Å². The highest BCUT2D eigenvalue weighted by molar-refractivity contribution is 6.05. The Bertz CT molecular complexity index is 903. The fourth-order valence-electron chi connectivity index (χ4n) is 5.15. The lowest BCUT2D eigenvalue weighted by Gasteiger charge is -2.60. The molecule has 4 aliphatic heterocycles. The summed E-state index contributed by atoms with van der Waals surface area (Å²) in [5.74, 6) is 0.907. The number of benzene rings is 2. The number of hydrogen-bond acceptors (Lipinski definition) is 6. The van der Waals surface area contributed by atoms with E-state index in [0.717, 1.165) is 76.1 Å². The summed E-state index contributed by atoms with van der Waals surface area (Å²) in [4.78, 5) is 7.57. The molecule has 0 aromatic heterocycles. The predicted octanol–water partition coefficient (Wildman–Crippen LogP) is 3.49. The third-order valence-corrected chi connectivity index (χ3v) is 6.34. The average molecular weight is 418 g/mol. The van der Waals surface area contributed by atoms with Gasteiger partial charge in [-0.15, -0.1) is 0 Å². The first-order chi connectivity index (χ1) is 15.2. The normalized spacial score (nSPS) is 29.6. The Hall–Kier alpha value is -2.54. The first-order valence-corrected chi connectivity index (χ1v) is 11.3. The molecule has 0 radical (unpaired) electrons. The average Bonchev–Trinajstić information content (AvgIpc) is 2.77. The van der Waals surface area contributed by atoms with Crippen molar-refractivity contribution in [1.29, 1.82) is 0 Å². The molecule has 0 amide bonds. The largest absolute Gasteiger partial charge is 0.494 e. The summed E-state index contributed by atoms with van der Waals surface area (Å²) in [6, 6.07) is 18.7. The number of rotatable bonds is 8. The van der Waals surface area contributed by atoms with Crippen molar-refractivity contribution in [1.82, 2.24) is 14.7 Å². The second-order valence-electron chi connectivity index (χ2n) is 9.02. The highest BCUT2D eigenvalue weighted by Crippen LogP contribution is 2.38. The molecular formula is C25H31N5O. The van der Waals surface area contributed by atoms with Gasteiger partial charge < -0.3 is 4.74 Å². The van der Waals surface area contributed by atoms with Gasteiger partial charge in [-0.05, 0) is 41.8 Å². The van der Waals surface area contributed by atoms with Crippen molar-refractivity contribution in [2.24, 2.45) is 15.6 Å². The number of ether oxygens (including phenoxy) is 1. The molecule has 2 aromatic carbocycles. The van der Waals surface area contributed by atoms with Crippen molar-refractivity contribution < 1.29 is 4.74 Å². The Balaban J connectivity index is 1.38. The van der Waals surface area contributed by atoms with Gasteiger partial charge in [-0.25, -0.2) is 0 Å². The van der Waals surface area contributed by atoms with Gasteiger partial charge >= 0.3 is 0 Å². The second kappa shape index (κ2) is 8.91. The van der Waals surface area contributed by atoms with Crippen molar-refractivity contribution in [2.45, 2.75) is 19.8 Å². The number of nitrogens with zero attached hydrogens (tertiary/aromatic N) is 5. The SMILES string of the molecule is CCCCOc1ccc(C=NN=C(c2ccccc2)C23CN4CN(CN(C4)C2)C3)cc1. The van der Waals surface area contributed by atoms with Crippen LogP contribution < -0.4 is 4.74 Å². The van der Waals surface area contributed by atoms with Gasteiger partial charge in [0.2, 0.25) is 0 Å².